The summed E-state index contributed by atoms with van der Waals surface area (Å²) in [6.07, 6.45) is 2.15. The van der Waals surface area contributed by atoms with Crippen LogP contribution in [0.1, 0.15) is 56.6 Å². The quantitative estimate of drug-likeness (QED) is 0.338. The molecule has 0 saturated carbocycles. The molecule has 1 aromatic rings. The second-order valence-electron chi connectivity index (χ2n) is 6.47. The van der Waals surface area contributed by atoms with Gasteiger partial charge in [-0.3, -0.25) is 0 Å². The van der Waals surface area contributed by atoms with Crippen molar-refractivity contribution in [1.29, 1.82) is 0 Å². The maximum Gasteiger partial charge on any atom is 0.416 e. The number of hydrogen-bond acceptors (Lipinski definition) is 3. The number of hydrogen-bond donors (Lipinski definition) is 0. The summed E-state index contributed by atoms with van der Waals surface area (Å²) >= 11 is 0. The zero-order valence-corrected chi connectivity index (χ0v) is 14.5. The van der Waals surface area contributed by atoms with Gasteiger partial charge in [0.05, 0.1) is 18.8 Å². The molecular weight excluding hydrogens is 333 g/mol. The molecule has 1 heterocycles. The maximum absolute atomic E-state index is 12.5. The summed E-state index contributed by atoms with van der Waals surface area (Å²) in [5.74, 6) is -0.252. The van der Waals surface area contributed by atoms with Crippen LogP contribution in [0.15, 0.2) is 24.3 Å². The van der Waals surface area contributed by atoms with E-state index in [0.29, 0.717) is 19.6 Å². The van der Waals surface area contributed by atoms with Crippen LogP contribution in [0.5, 0.6) is 0 Å². The largest absolute Gasteiger partial charge is 0.464 e. The smallest absolute Gasteiger partial charge is 0.416 e. The number of alkyl halides is 3. The van der Waals surface area contributed by atoms with Crippen LogP contribution < -0.4 is 0 Å². The third-order valence-corrected chi connectivity index (χ3v) is 4.47. The third kappa shape index (κ3) is 6.03. The predicted molar refractivity (Wildman–Crippen MR) is 88.2 cm³/mol. The van der Waals surface area contributed by atoms with E-state index < -0.39 is 17.3 Å². The molecule has 6 heteroatoms. The van der Waals surface area contributed by atoms with Crippen LogP contribution in [0.25, 0.3) is 0 Å². The van der Waals surface area contributed by atoms with E-state index in [2.05, 4.69) is 0 Å². The first-order chi connectivity index (χ1) is 11.9. The van der Waals surface area contributed by atoms with Gasteiger partial charge in [-0.25, -0.2) is 4.79 Å². The summed E-state index contributed by atoms with van der Waals surface area (Å²) in [6, 6.07) is 5.38. The van der Waals surface area contributed by atoms with Crippen molar-refractivity contribution < 1.29 is 27.4 Å². The van der Waals surface area contributed by atoms with Crippen LogP contribution in [0.4, 0.5) is 13.2 Å². The van der Waals surface area contributed by atoms with Gasteiger partial charge in [0.25, 0.3) is 0 Å². The average Bonchev–Trinajstić information content (AvgIpc) is 3.35. The lowest BCUT2D eigenvalue weighted by molar-refractivity contribution is -0.149. The summed E-state index contributed by atoms with van der Waals surface area (Å²) in [6.45, 7) is 2.61. The minimum atomic E-state index is -4.27. The first-order valence-electron chi connectivity index (χ1n) is 8.85. The molecular formula is C19H25F3O3. The molecule has 0 radical (unpaired) electrons. The molecule has 2 rings (SSSR count). The highest BCUT2D eigenvalue weighted by Gasteiger charge is 2.52. The number of epoxide rings is 1. The Hall–Kier alpha value is -1.56. The van der Waals surface area contributed by atoms with Gasteiger partial charge in [0.1, 0.15) is 0 Å². The van der Waals surface area contributed by atoms with Crippen molar-refractivity contribution in [3.05, 3.63) is 35.4 Å². The van der Waals surface area contributed by atoms with E-state index in [0.717, 1.165) is 56.2 Å². The van der Waals surface area contributed by atoms with Crippen LogP contribution in [0.2, 0.25) is 0 Å². The van der Waals surface area contributed by atoms with Gasteiger partial charge in [0, 0.05) is 0 Å². The molecule has 1 unspecified atom stereocenters. The first kappa shape index (κ1) is 19.8. The van der Waals surface area contributed by atoms with E-state index in [9.17, 15) is 18.0 Å². The topological polar surface area (TPSA) is 38.8 Å². The Morgan fingerprint density at radius 3 is 2.28 bits per heavy atom. The van der Waals surface area contributed by atoms with E-state index >= 15 is 0 Å². The second kappa shape index (κ2) is 8.70. The summed E-state index contributed by atoms with van der Waals surface area (Å²) in [5.41, 5.74) is -0.356. The highest BCUT2D eigenvalue weighted by Crippen LogP contribution is 2.34. The number of carbonyl (C=O) groups is 1. The number of aryl methyl sites for hydroxylation is 1. The van der Waals surface area contributed by atoms with E-state index in [1.807, 2.05) is 0 Å². The van der Waals surface area contributed by atoms with Crippen molar-refractivity contribution in [1.82, 2.24) is 0 Å². The van der Waals surface area contributed by atoms with Gasteiger partial charge >= 0.3 is 12.1 Å². The molecule has 1 saturated heterocycles. The standard InChI is InChI=1S/C19H25F3O3/c1-2-24-17(23)18(14-25-18)13-7-5-3-4-6-8-15-9-11-16(12-10-15)19(20,21)22/h9-12H,2-8,13-14H2,1H3. The third-order valence-electron chi connectivity index (χ3n) is 4.47. The zero-order chi connectivity index (χ0) is 18.3. The van der Waals surface area contributed by atoms with Crippen LogP contribution in [0.3, 0.4) is 0 Å². The number of rotatable bonds is 10. The molecule has 1 aliphatic heterocycles. The number of esters is 1. The van der Waals surface area contributed by atoms with Crippen LogP contribution >= 0.6 is 0 Å². The molecule has 140 valence electrons. The monoisotopic (exact) mass is 358 g/mol. The van der Waals surface area contributed by atoms with Crippen LogP contribution in [-0.4, -0.2) is 24.8 Å². The van der Waals surface area contributed by atoms with Crippen molar-refractivity contribution >= 4 is 5.97 Å². The lowest BCUT2D eigenvalue weighted by Crippen LogP contribution is -2.27. The summed E-state index contributed by atoms with van der Waals surface area (Å²) in [5, 5.41) is 0. The fraction of sp³-hybridized carbons (Fsp3) is 0.632. The van der Waals surface area contributed by atoms with Gasteiger partial charge in [-0.2, -0.15) is 13.2 Å². The Kier molecular flexibility index (Phi) is 6.87. The molecule has 3 nitrogen and oxygen atoms in total. The molecule has 0 amide bonds. The minimum absolute atomic E-state index is 0.252. The average molecular weight is 358 g/mol. The molecule has 1 fully saturated rings. The first-order valence-corrected chi connectivity index (χ1v) is 8.85. The highest BCUT2D eigenvalue weighted by molar-refractivity contribution is 5.82. The predicted octanol–water partition coefficient (Wildman–Crippen LogP) is 4.92. The SMILES string of the molecule is CCOC(=O)C1(CCCCCCCc2ccc(C(F)(F)F)cc2)CO1. The summed E-state index contributed by atoms with van der Waals surface area (Å²) in [7, 11) is 0. The Bertz CT molecular complexity index is 548. The molecule has 25 heavy (non-hydrogen) atoms. The maximum atomic E-state index is 12.5. The minimum Gasteiger partial charge on any atom is -0.464 e. The Morgan fingerprint density at radius 2 is 1.72 bits per heavy atom. The Morgan fingerprint density at radius 1 is 1.12 bits per heavy atom. The van der Waals surface area contributed by atoms with Crippen molar-refractivity contribution in [3.8, 4) is 0 Å². The molecule has 1 aliphatic rings. The van der Waals surface area contributed by atoms with E-state index in [1.54, 1.807) is 19.1 Å². The number of benzene rings is 1. The van der Waals surface area contributed by atoms with Crippen LogP contribution in [-0.2, 0) is 26.9 Å². The van der Waals surface area contributed by atoms with E-state index in [4.69, 9.17) is 9.47 Å². The molecule has 0 spiro atoms. The summed E-state index contributed by atoms with van der Waals surface area (Å²) in [4.78, 5) is 11.7. The highest BCUT2D eigenvalue weighted by atomic mass is 19.4. The lowest BCUT2D eigenvalue weighted by atomic mass is 10.00. The number of halogens is 3. The van der Waals surface area contributed by atoms with E-state index in [-0.39, 0.29) is 5.97 Å². The van der Waals surface area contributed by atoms with Gasteiger partial charge in [0.15, 0.2) is 5.60 Å². The Labute approximate surface area is 146 Å². The van der Waals surface area contributed by atoms with Crippen molar-refractivity contribution in [2.75, 3.05) is 13.2 Å². The molecule has 1 aromatic carbocycles. The number of carbonyl (C=O) groups excluding carboxylic acids is 1. The molecule has 0 aliphatic carbocycles. The Balaban J connectivity index is 1.56. The molecule has 0 N–H and O–H groups in total. The van der Waals surface area contributed by atoms with Gasteiger partial charge in [-0.05, 0) is 50.3 Å². The number of unbranched alkanes of at least 4 members (excludes halogenated alkanes) is 4. The van der Waals surface area contributed by atoms with Crippen molar-refractivity contribution in [3.63, 3.8) is 0 Å². The normalized spacial score (nSPS) is 19.7. The fourth-order valence-electron chi connectivity index (χ4n) is 2.84. The van der Waals surface area contributed by atoms with E-state index in [1.165, 1.54) is 0 Å². The molecule has 0 aromatic heterocycles. The van der Waals surface area contributed by atoms with Gasteiger partial charge < -0.3 is 9.47 Å². The molecule has 0 bridgehead atoms. The molecule has 1 atom stereocenters. The number of ether oxygens (including phenoxy) is 2. The van der Waals surface area contributed by atoms with Crippen molar-refractivity contribution in [2.45, 2.75) is 63.6 Å². The summed E-state index contributed by atoms with van der Waals surface area (Å²) < 4.78 is 47.7. The zero-order valence-electron chi connectivity index (χ0n) is 14.5. The van der Waals surface area contributed by atoms with Gasteiger partial charge in [0.2, 0.25) is 0 Å². The van der Waals surface area contributed by atoms with Crippen LogP contribution in [0, 0.1) is 0 Å². The second-order valence-corrected chi connectivity index (χ2v) is 6.47. The van der Waals surface area contributed by atoms with Crippen molar-refractivity contribution in [2.24, 2.45) is 0 Å². The van der Waals surface area contributed by atoms with Gasteiger partial charge in [-0.15, -0.1) is 0 Å². The van der Waals surface area contributed by atoms with Gasteiger partial charge in [-0.1, -0.05) is 31.4 Å². The lowest BCUT2D eigenvalue weighted by Gasteiger charge is -2.10. The fourth-order valence-corrected chi connectivity index (χ4v) is 2.84.